The summed E-state index contributed by atoms with van der Waals surface area (Å²) in [6.07, 6.45) is 1.77. The second-order valence-corrected chi connectivity index (χ2v) is 9.31. The zero-order chi connectivity index (χ0) is 22.0. The van der Waals surface area contributed by atoms with Crippen LogP contribution in [0.3, 0.4) is 0 Å². The molecule has 0 radical (unpaired) electrons. The summed E-state index contributed by atoms with van der Waals surface area (Å²) in [5, 5.41) is 5.17. The van der Waals surface area contributed by atoms with E-state index in [0.29, 0.717) is 23.5 Å². The fraction of sp³-hybridized carbons (Fsp3) is 0.316. The molecule has 1 aromatic carbocycles. The molecule has 0 fully saturated rings. The summed E-state index contributed by atoms with van der Waals surface area (Å²) in [5.74, 6) is 0.570. The van der Waals surface area contributed by atoms with Gasteiger partial charge in [0.05, 0.1) is 4.90 Å². The van der Waals surface area contributed by atoms with Crippen LogP contribution in [0, 0.1) is 12.8 Å². The van der Waals surface area contributed by atoms with Crippen molar-refractivity contribution >= 4 is 27.0 Å². The first kappa shape index (κ1) is 20.1. The molecule has 2 N–H and O–H groups in total. The Bertz CT molecular complexity index is 1520. The fourth-order valence-corrected chi connectivity index (χ4v) is 4.16. The van der Waals surface area contributed by atoms with E-state index >= 15 is 0 Å². The first-order valence-corrected chi connectivity index (χ1v) is 10.9. The van der Waals surface area contributed by atoms with E-state index in [1.165, 1.54) is 21.3 Å². The molecule has 0 aliphatic rings. The van der Waals surface area contributed by atoms with E-state index in [1.54, 1.807) is 34.3 Å². The minimum atomic E-state index is -3.80. The quantitative estimate of drug-likeness (QED) is 0.511. The molecule has 0 amide bonds. The van der Waals surface area contributed by atoms with Crippen LogP contribution in [0.1, 0.15) is 19.5 Å². The molecule has 0 saturated carbocycles. The average molecular weight is 430 g/mol. The van der Waals surface area contributed by atoms with Gasteiger partial charge in [-0.1, -0.05) is 13.8 Å². The standard InChI is InChI=1S/C19H22N6O4S/c1-11(2)9-24-17(26)15-16(22(4)19(24)27)21-18-23(15)10-12(3)25(18)13-5-7-14(8-6-13)30(20,28)29/h5-8,10-11H,9H2,1-4H3,(H2,20,28,29). The van der Waals surface area contributed by atoms with Gasteiger partial charge in [0.2, 0.25) is 15.8 Å². The second-order valence-electron chi connectivity index (χ2n) is 7.75. The van der Waals surface area contributed by atoms with Crippen molar-refractivity contribution in [3.8, 4) is 5.69 Å². The highest BCUT2D eigenvalue weighted by molar-refractivity contribution is 7.89. The van der Waals surface area contributed by atoms with Crippen LogP contribution in [0.15, 0.2) is 44.9 Å². The number of sulfonamides is 1. The van der Waals surface area contributed by atoms with Gasteiger partial charge >= 0.3 is 5.69 Å². The second kappa shape index (κ2) is 6.67. The molecule has 3 heterocycles. The molecule has 0 spiro atoms. The average Bonchev–Trinajstić information content (AvgIpc) is 3.17. The number of fused-ring (bicyclic) bond motifs is 3. The molecule has 11 heteroatoms. The van der Waals surface area contributed by atoms with Crippen molar-refractivity contribution in [1.82, 2.24) is 23.1 Å². The summed E-state index contributed by atoms with van der Waals surface area (Å²) >= 11 is 0. The molecule has 10 nitrogen and oxygen atoms in total. The van der Waals surface area contributed by atoms with Gasteiger partial charge in [0.25, 0.3) is 5.56 Å². The lowest BCUT2D eigenvalue weighted by molar-refractivity contribution is 0.484. The highest BCUT2D eigenvalue weighted by Crippen LogP contribution is 2.22. The smallest absolute Gasteiger partial charge is 0.283 e. The molecule has 0 aliphatic carbocycles. The Morgan fingerprint density at radius 1 is 1.13 bits per heavy atom. The Balaban J connectivity index is 2.03. The monoisotopic (exact) mass is 430 g/mol. The minimum Gasteiger partial charge on any atom is -0.283 e. The number of hydrogen-bond acceptors (Lipinski definition) is 5. The number of rotatable bonds is 4. The molecule has 158 valence electrons. The van der Waals surface area contributed by atoms with Gasteiger partial charge < -0.3 is 0 Å². The Morgan fingerprint density at radius 3 is 2.33 bits per heavy atom. The first-order chi connectivity index (χ1) is 14.0. The van der Waals surface area contributed by atoms with Crippen LogP contribution >= 0.6 is 0 Å². The Hall–Kier alpha value is -3.18. The number of hydrogen-bond donors (Lipinski definition) is 1. The van der Waals surface area contributed by atoms with Crippen molar-refractivity contribution in [2.24, 2.45) is 18.1 Å². The van der Waals surface area contributed by atoms with Crippen molar-refractivity contribution in [3.63, 3.8) is 0 Å². The summed E-state index contributed by atoms with van der Waals surface area (Å²) in [7, 11) is -2.22. The van der Waals surface area contributed by atoms with Crippen LogP contribution in [-0.2, 0) is 23.6 Å². The van der Waals surface area contributed by atoms with E-state index in [4.69, 9.17) is 5.14 Å². The third kappa shape index (κ3) is 2.97. The maximum atomic E-state index is 13.1. The Labute approximate surface area is 171 Å². The number of benzene rings is 1. The lowest BCUT2D eigenvalue weighted by Gasteiger charge is -2.09. The normalized spacial score (nSPS) is 12.5. The molecule has 4 aromatic rings. The molecule has 4 rings (SSSR count). The number of imidazole rings is 2. The number of primary sulfonamides is 1. The van der Waals surface area contributed by atoms with Gasteiger partial charge in [-0.3, -0.25) is 22.9 Å². The fourth-order valence-electron chi connectivity index (χ4n) is 3.64. The Morgan fingerprint density at radius 2 is 1.77 bits per heavy atom. The zero-order valence-corrected chi connectivity index (χ0v) is 17.8. The number of nitrogens with zero attached hydrogens (tertiary/aromatic N) is 5. The van der Waals surface area contributed by atoms with Gasteiger partial charge in [-0.2, -0.15) is 4.98 Å². The molecule has 0 saturated heterocycles. The molecular formula is C19H22N6O4S. The lowest BCUT2D eigenvalue weighted by Crippen LogP contribution is -2.40. The number of nitrogens with two attached hydrogens (primary N) is 1. The topological polar surface area (TPSA) is 126 Å². The van der Waals surface area contributed by atoms with Crippen LogP contribution in [0.25, 0.3) is 22.6 Å². The van der Waals surface area contributed by atoms with Crippen LogP contribution in [0.4, 0.5) is 0 Å². The predicted molar refractivity (Wildman–Crippen MR) is 112 cm³/mol. The van der Waals surface area contributed by atoms with Crippen molar-refractivity contribution in [2.45, 2.75) is 32.2 Å². The molecule has 30 heavy (non-hydrogen) atoms. The van der Waals surface area contributed by atoms with Gasteiger partial charge in [0, 0.05) is 31.2 Å². The van der Waals surface area contributed by atoms with E-state index in [2.05, 4.69) is 4.98 Å². The molecule has 3 aromatic heterocycles. The van der Waals surface area contributed by atoms with Crippen LogP contribution in [0.2, 0.25) is 0 Å². The largest absolute Gasteiger partial charge is 0.332 e. The van der Waals surface area contributed by atoms with E-state index in [9.17, 15) is 18.0 Å². The van der Waals surface area contributed by atoms with Gasteiger partial charge in [0.15, 0.2) is 11.2 Å². The highest BCUT2D eigenvalue weighted by Gasteiger charge is 2.21. The van der Waals surface area contributed by atoms with Crippen molar-refractivity contribution < 1.29 is 8.42 Å². The molecule has 0 aliphatic heterocycles. The molecule has 0 atom stereocenters. The third-order valence-electron chi connectivity index (χ3n) is 5.00. The SMILES string of the molecule is Cc1cn2c3c(=O)n(CC(C)C)c(=O)n(C)c3nc2n1-c1ccc(S(N)(=O)=O)cc1. The van der Waals surface area contributed by atoms with Crippen molar-refractivity contribution in [3.05, 3.63) is 57.0 Å². The van der Waals surface area contributed by atoms with Crippen molar-refractivity contribution in [1.29, 1.82) is 0 Å². The predicted octanol–water partition coefficient (Wildman–Crippen LogP) is 0.750. The number of aryl methyl sites for hydroxylation is 2. The zero-order valence-electron chi connectivity index (χ0n) is 17.0. The van der Waals surface area contributed by atoms with Gasteiger partial charge in [-0.15, -0.1) is 0 Å². The summed E-state index contributed by atoms with van der Waals surface area (Å²) in [6, 6.07) is 6.05. The van der Waals surface area contributed by atoms with Crippen LogP contribution < -0.4 is 16.4 Å². The van der Waals surface area contributed by atoms with Gasteiger partial charge in [-0.05, 0) is 37.1 Å². The molecule has 0 bridgehead atoms. The van der Waals surface area contributed by atoms with E-state index < -0.39 is 21.3 Å². The van der Waals surface area contributed by atoms with E-state index in [1.807, 2.05) is 20.8 Å². The van der Waals surface area contributed by atoms with Crippen LogP contribution in [0.5, 0.6) is 0 Å². The molecular weight excluding hydrogens is 408 g/mol. The van der Waals surface area contributed by atoms with Gasteiger partial charge in [0.1, 0.15) is 0 Å². The summed E-state index contributed by atoms with van der Waals surface area (Å²) < 4.78 is 29.1. The van der Waals surface area contributed by atoms with Crippen LogP contribution in [-0.4, -0.2) is 31.5 Å². The van der Waals surface area contributed by atoms with Gasteiger partial charge in [-0.25, -0.2) is 18.4 Å². The lowest BCUT2D eigenvalue weighted by atomic mass is 10.2. The Kier molecular flexibility index (Phi) is 4.47. The maximum Gasteiger partial charge on any atom is 0.332 e. The highest BCUT2D eigenvalue weighted by atomic mass is 32.2. The summed E-state index contributed by atoms with van der Waals surface area (Å²) in [5.41, 5.74) is 1.23. The molecule has 0 unspecified atom stereocenters. The third-order valence-corrected chi connectivity index (χ3v) is 5.93. The first-order valence-electron chi connectivity index (χ1n) is 9.34. The summed E-state index contributed by atoms with van der Waals surface area (Å²) in [6.45, 7) is 6.04. The maximum absolute atomic E-state index is 13.1. The van der Waals surface area contributed by atoms with E-state index in [0.717, 1.165) is 5.69 Å². The van der Waals surface area contributed by atoms with Crippen molar-refractivity contribution in [2.75, 3.05) is 0 Å². The van der Waals surface area contributed by atoms with E-state index in [-0.39, 0.29) is 16.5 Å². The number of aromatic nitrogens is 5. The summed E-state index contributed by atoms with van der Waals surface area (Å²) in [4.78, 5) is 30.4. The minimum absolute atomic E-state index is 0.000416.